The Morgan fingerprint density at radius 1 is 1.33 bits per heavy atom. The molecule has 2 aliphatic rings. The van der Waals surface area contributed by atoms with Crippen LogP contribution >= 0.6 is 0 Å². The van der Waals surface area contributed by atoms with Crippen molar-refractivity contribution in [1.29, 1.82) is 0 Å². The lowest BCUT2D eigenvalue weighted by molar-refractivity contribution is 0.114. The van der Waals surface area contributed by atoms with Crippen molar-refractivity contribution in [2.24, 2.45) is 16.7 Å². The third-order valence-corrected chi connectivity index (χ3v) is 5.49. The second kappa shape index (κ2) is 3.74. The largest absolute Gasteiger partial charge is 0.383 e. The Morgan fingerprint density at radius 2 is 2.07 bits per heavy atom. The minimum absolute atomic E-state index is 0.505. The van der Waals surface area contributed by atoms with E-state index < -0.39 is 0 Å². The van der Waals surface area contributed by atoms with Crippen LogP contribution < -0.4 is 5.32 Å². The Bertz CT molecular complexity index is 239. The standard InChI is InChI=1S/C13H25NO/c1-12(2)10-5-6-13(12,3)11(9-10)14-7-8-15-4/h10-11,14H,5-9H2,1-4H3/t10-,11-,13-/m1/s1. The van der Waals surface area contributed by atoms with Gasteiger partial charge in [0.2, 0.25) is 0 Å². The van der Waals surface area contributed by atoms with Crippen LogP contribution in [0.2, 0.25) is 0 Å². The van der Waals surface area contributed by atoms with Crippen molar-refractivity contribution in [2.75, 3.05) is 20.3 Å². The second-order valence-electron chi connectivity index (χ2n) is 6.11. The van der Waals surface area contributed by atoms with Crippen molar-refractivity contribution in [2.45, 2.75) is 46.1 Å². The molecule has 15 heavy (non-hydrogen) atoms. The van der Waals surface area contributed by atoms with E-state index in [2.05, 4.69) is 26.1 Å². The first kappa shape index (κ1) is 11.4. The Hall–Kier alpha value is -0.0800. The molecule has 0 amide bonds. The summed E-state index contributed by atoms with van der Waals surface area (Å²) in [6.45, 7) is 9.23. The second-order valence-corrected chi connectivity index (χ2v) is 6.11. The lowest BCUT2D eigenvalue weighted by Gasteiger charge is -2.39. The maximum absolute atomic E-state index is 5.10. The molecule has 0 aromatic rings. The lowest BCUT2D eigenvalue weighted by atomic mass is 9.69. The summed E-state index contributed by atoms with van der Waals surface area (Å²) in [7, 11) is 1.77. The van der Waals surface area contributed by atoms with Gasteiger partial charge in [-0.2, -0.15) is 0 Å². The molecule has 1 N–H and O–H groups in total. The van der Waals surface area contributed by atoms with E-state index in [4.69, 9.17) is 4.74 Å². The molecule has 0 radical (unpaired) electrons. The van der Waals surface area contributed by atoms with E-state index in [0.29, 0.717) is 16.9 Å². The Labute approximate surface area is 93.8 Å². The molecule has 0 aliphatic heterocycles. The van der Waals surface area contributed by atoms with Crippen molar-refractivity contribution < 1.29 is 4.74 Å². The molecule has 0 heterocycles. The molecule has 2 saturated carbocycles. The van der Waals surface area contributed by atoms with Crippen molar-refractivity contribution in [3.05, 3.63) is 0 Å². The first-order valence-electron chi connectivity index (χ1n) is 6.24. The van der Waals surface area contributed by atoms with Gasteiger partial charge < -0.3 is 10.1 Å². The predicted octanol–water partition coefficient (Wildman–Crippen LogP) is 2.44. The fourth-order valence-corrected chi connectivity index (χ4v) is 3.85. The number of hydrogen-bond donors (Lipinski definition) is 1. The molecule has 2 rings (SSSR count). The van der Waals surface area contributed by atoms with Gasteiger partial charge in [-0.05, 0) is 36.0 Å². The van der Waals surface area contributed by atoms with E-state index in [1.165, 1.54) is 19.3 Å². The summed E-state index contributed by atoms with van der Waals surface area (Å²) in [6.07, 6.45) is 4.20. The van der Waals surface area contributed by atoms with E-state index in [-0.39, 0.29) is 0 Å². The van der Waals surface area contributed by atoms with Crippen LogP contribution in [0, 0.1) is 16.7 Å². The van der Waals surface area contributed by atoms with Gasteiger partial charge in [-0.3, -0.25) is 0 Å². The molecule has 88 valence electrons. The van der Waals surface area contributed by atoms with E-state index in [0.717, 1.165) is 19.1 Å². The minimum Gasteiger partial charge on any atom is -0.383 e. The van der Waals surface area contributed by atoms with Gasteiger partial charge in [0.25, 0.3) is 0 Å². The molecule has 0 spiro atoms. The van der Waals surface area contributed by atoms with Gasteiger partial charge in [-0.15, -0.1) is 0 Å². The van der Waals surface area contributed by atoms with Crippen LogP contribution in [-0.2, 0) is 4.74 Å². The number of rotatable bonds is 4. The normalized spacial score (nSPS) is 42.4. The van der Waals surface area contributed by atoms with Gasteiger partial charge in [0.05, 0.1) is 6.61 Å². The fourth-order valence-electron chi connectivity index (χ4n) is 3.85. The Morgan fingerprint density at radius 3 is 2.53 bits per heavy atom. The summed E-state index contributed by atoms with van der Waals surface area (Å²) in [5, 5.41) is 3.69. The molecule has 0 aromatic heterocycles. The molecule has 2 aliphatic carbocycles. The zero-order valence-electron chi connectivity index (χ0n) is 10.6. The molecular weight excluding hydrogens is 186 g/mol. The maximum atomic E-state index is 5.10. The zero-order chi connectivity index (χ0) is 11.1. The summed E-state index contributed by atoms with van der Waals surface area (Å²) in [5.74, 6) is 0.933. The smallest absolute Gasteiger partial charge is 0.0587 e. The van der Waals surface area contributed by atoms with Crippen LogP contribution in [0.15, 0.2) is 0 Å². The van der Waals surface area contributed by atoms with Crippen molar-refractivity contribution in [3.63, 3.8) is 0 Å². The predicted molar refractivity (Wildman–Crippen MR) is 62.9 cm³/mol. The highest BCUT2D eigenvalue weighted by Crippen LogP contribution is 2.65. The SMILES string of the molecule is COCCN[C@@H]1C[C@H]2CC[C@@]1(C)C2(C)C. The van der Waals surface area contributed by atoms with Crippen LogP contribution in [0.25, 0.3) is 0 Å². The average Bonchev–Trinajstić information content (AvgIpc) is 2.51. The van der Waals surface area contributed by atoms with Crippen molar-refractivity contribution in [3.8, 4) is 0 Å². The topological polar surface area (TPSA) is 21.3 Å². The van der Waals surface area contributed by atoms with Gasteiger partial charge in [0, 0.05) is 19.7 Å². The quantitative estimate of drug-likeness (QED) is 0.721. The summed E-state index contributed by atoms with van der Waals surface area (Å²) in [5.41, 5.74) is 1.03. The molecule has 0 saturated heterocycles. The third-order valence-electron chi connectivity index (χ3n) is 5.49. The van der Waals surface area contributed by atoms with Gasteiger partial charge in [0.1, 0.15) is 0 Å². The van der Waals surface area contributed by atoms with Crippen LogP contribution in [0.1, 0.15) is 40.0 Å². The zero-order valence-corrected chi connectivity index (χ0v) is 10.6. The third kappa shape index (κ3) is 1.53. The molecular formula is C13H25NO. The van der Waals surface area contributed by atoms with Crippen molar-refractivity contribution in [1.82, 2.24) is 5.32 Å². The van der Waals surface area contributed by atoms with Crippen LogP contribution in [0.4, 0.5) is 0 Å². The van der Waals surface area contributed by atoms with Crippen LogP contribution in [0.5, 0.6) is 0 Å². The van der Waals surface area contributed by atoms with E-state index in [9.17, 15) is 0 Å². The Kier molecular flexibility index (Phi) is 2.85. The van der Waals surface area contributed by atoms with E-state index in [1.807, 2.05) is 0 Å². The first-order valence-corrected chi connectivity index (χ1v) is 6.24. The monoisotopic (exact) mass is 211 g/mol. The highest BCUT2D eigenvalue weighted by Gasteiger charge is 2.60. The molecule has 2 fully saturated rings. The molecule has 2 heteroatoms. The summed E-state index contributed by atoms with van der Waals surface area (Å²) >= 11 is 0. The Balaban J connectivity index is 1.99. The number of hydrogen-bond acceptors (Lipinski definition) is 2. The molecule has 3 atom stereocenters. The van der Waals surface area contributed by atoms with Crippen molar-refractivity contribution >= 4 is 0 Å². The molecule has 0 aromatic carbocycles. The minimum atomic E-state index is 0.505. The number of ether oxygens (including phenoxy) is 1. The van der Waals surface area contributed by atoms with Gasteiger partial charge in [0.15, 0.2) is 0 Å². The summed E-state index contributed by atoms with van der Waals surface area (Å²) in [6, 6.07) is 0.710. The average molecular weight is 211 g/mol. The summed E-state index contributed by atoms with van der Waals surface area (Å²) < 4.78 is 5.10. The van der Waals surface area contributed by atoms with Gasteiger partial charge in [-0.25, -0.2) is 0 Å². The van der Waals surface area contributed by atoms with E-state index >= 15 is 0 Å². The number of fused-ring (bicyclic) bond motifs is 2. The molecule has 2 bridgehead atoms. The van der Waals surface area contributed by atoms with Gasteiger partial charge >= 0.3 is 0 Å². The fraction of sp³-hybridized carbons (Fsp3) is 1.00. The molecule has 2 nitrogen and oxygen atoms in total. The maximum Gasteiger partial charge on any atom is 0.0587 e. The first-order chi connectivity index (χ1) is 7.02. The van der Waals surface area contributed by atoms with Crippen LogP contribution in [0.3, 0.4) is 0 Å². The summed E-state index contributed by atoms with van der Waals surface area (Å²) in [4.78, 5) is 0. The van der Waals surface area contributed by atoms with Gasteiger partial charge in [-0.1, -0.05) is 20.8 Å². The number of methoxy groups -OCH3 is 1. The molecule has 0 unspecified atom stereocenters. The highest BCUT2D eigenvalue weighted by molar-refractivity contribution is 5.12. The number of nitrogens with one attached hydrogen (secondary N) is 1. The lowest BCUT2D eigenvalue weighted by Crippen LogP contribution is -2.45. The van der Waals surface area contributed by atoms with Crippen LogP contribution in [-0.4, -0.2) is 26.3 Å². The van der Waals surface area contributed by atoms with E-state index in [1.54, 1.807) is 7.11 Å². The highest BCUT2D eigenvalue weighted by atomic mass is 16.5.